The molecular formula is C18H18ClN3O5. The summed E-state index contributed by atoms with van der Waals surface area (Å²) in [4.78, 5) is 25.4. The van der Waals surface area contributed by atoms with Crippen molar-refractivity contribution in [1.29, 1.82) is 0 Å². The molecular weight excluding hydrogens is 374 g/mol. The Morgan fingerprint density at radius 2 is 2.00 bits per heavy atom. The smallest absolute Gasteiger partial charge is 0.271 e. The topological polar surface area (TPSA) is 93.9 Å². The minimum absolute atomic E-state index is 0.0465. The molecule has 0 saturated carbocycles. The number of ether oxygens (including phenoxy) is 2. The van der Waals surface area contributed by atoms with E-state index in [0.717, 1.165) is 0 Å². The third kappa shape index (κ3) is 4.29. The number of hydrogen-bond donors (Lipinski definition) is 1. The summed E-state index contributed by atoms with van der Waals surface area (Å²) in [6.07, 6.45) is 0. The van der Waals surface area contributed by atoms with Gasteiger partial charge in [-0.3, -0.25) is 14.9 Å². The van der Waals surface area contributed by atoms with E-state index in [1.807, 2.05) is 4.90 Å². The molecule has 0 atom stereocenters. The summed E-state index contributed by atoms with van der Waals surface area (Å²) >= 11 is 6.00. The fourth-order valence-corrected chi connectivity index (χ4v) is 3.02. The molecule has 27 heavy (non-hydrogen) atoms. The Balaban J connectivity index is 1.95. The summed E-state index contributed by atoms with van der Waals surface area (Å²) < 4.78 is 10.6. The fourth-order valence-electron chi connectivity index (χ4n) is 2.85. The number of benzene rings is 2. The number of methoxy groups -OCH3 is 1. The minimum Gasteiger partial charge on any atom is -0.496 e. The second-order valence-electron chi connectivity index (χ2n) is 5.86. The second-order valence-corrected chi connectivity index (χ2v) is 6.29. The molecule has 142 valence electrons. The average Bonchev–Trinajstić information content (AvgIpc) is 2.68. The van der Waals surface area contributed by atoms with E-state index < -0.39 is 10.8 Å². The van der Waals surface area contributed by atoms with Gasteiger partial charge in [-0.1, -0.05) is 11.6 Å². The number of nitrogens with one attached hydrogen (secondary N) is 1. The van der Waals surface area contributed by atoms with Crippen LogP contribution in [-0.2, 0) is 4.74 Å². The number of anilines is 2. The van der Waals surface area contributed by atoms with Gasteiger partial charge < -0.3 is 19.7 Å². The van der Waals surface area contributed by atoms with Crippen molar-refractivity contribution in [2.45, 2.75) is 0 Å². The number of amides is 1. The predicted molar refractivity (Wildman–Crippen MR) is 102 cm³/mol. The maximum atomic E-state index is 12.8. The van der Waals surface area contributed by atoms with Gasteiger partial charge >= 0.3 is 0 Å². The molecule has 1 heterocycles. The summed E-state index contributed by atoms with van der Waals surface area (Å²) in [5.74, 6) is -0.0375. The van der Waals surface area contributed by atoms with Gasteiger partial charge in [0.05, 0.1) is 42.2 Å². The Hall–Kier alpha value is -2.84. The number of nitro groups is 1. The number of halogens is 1. The predicted octanol–water partition coefficient (Wildman–Crippen LogP) is 3.35. The lowest BCUT2D eigenvalue weighted by Crippen LogP contribution is -2.36. The number of hydrogen-bond acceptors (Lipinski definition) is 6. The number of non-ortho nitro benzene ring substituents is 1. The van der Waals surface area contributed by atoms with Gasteiger partial charge in [0.15, 0.2) is 0 Å². The van der Waals surface area contributed by atoms with Crippen LogP contribution in [-0.4, -0.2) is 44.2 Å². The number of rotatable bonds is 5. The first-order valence-electron chi connectivity index (χ1n) is 8.25. The molecule has 8 nitrogen and oxygen atoms in total. The van der Waals surface area contributed by atoms with Crippen LogP contribution in [0.1, 0.15) is 10.4 Å². The zero-order valence-electron chi connectivity index (χ0n) is 14.6. The van der Waals surface area contributed by atoms with Gasteiger partial charge in [-0.2, -0.15) is 0 Å². The van der Waals surface area contributed by atoms with E-state index in [1.54, 1.807) is 12.1 Å². The Morgan fingerprint density at radius 1 is 1.26 bits per heavy atom. The second kappa shape index (κ2) is 8.24. The monoisotopic (exact) mass is 391 g/mol. The quantitative estimate of drug-likeness (QED) is 0.620. The molecule has 0 bridgehead atoms. The molecule has 0 aromatic heterocycles. The van der Waals surface area contributed by atoms with Crippen LogP contribution in [0.15, 0.2) is 36.4 Å². The van der Waals surface area contributed by atoms with Crippen molar-refractivity contribution < 1.29 is 19.2 Å². The largest absolute Gasteiger partial charge is 0.496 e. The lowest BCUT2D eigenvalue weighted by atomic mass is 10.1. The molecule has 1 N–H and O–H groups in total. The zero-order chi connectivity index (χ0) is 19.4. The van der Waals surface area contributed by atoms with Gasteiger partial charge in [-0.25, -0.2) is 0 Å². The molecule has 3 rings (SSSR count). The molecule has 1 saturated heterocycles. The maximum Gasteiger partial charge on any atom is 0.271 e. The summed E-state index contributed by atoms with van der Waals surface area (Å²) in [7, 11) is 1.46. The average molecular weight is 392 g/mol. The van der Waals surface area contributed by atoms with Crippen LogP contribution in [0.3, 0.4) is 0 Å². The molecule has 1 amide bonds. The van der Waals surface area contributed by atoms with Gasteiger partial charge in [-0.15, -0.1) is 0 Å². The molecule has 0 aliphatic carbocycles. The Kier molecular flexibility index (Phi) is 5.78. The Morgan fingerprint density at radius 3 is 2.67 bits per heavy atom. The van der Waals surface area contributed by atoms with Crippen molar-refractivity contribution in [3.05, 3.63) is 57.1 Å². The van der Waals surface area contributed by atoms with Crippen LogP contribution in [0.2, 0.25) is 5.02 Å². The molecule has 9 heteroatoms. The molecule has 1 fully saturated rings. The highest BCUT2D eigenvalue weighted by atomic mass is 35.5. The fraction of sp³-hybridized carbons (Fsp3) is 0.278. The van der Waals surface area contributed by atoms with Gasteiger partial charge in [-0.05, 0) is 24.3 Å². The molecule has 2 aromatic carbocycles. The maximum absolute atomic E-state index is 12.8. The highest BCUT2D eigenvalue weighted by Gasteiger charge is 2.21. The van der Waals surface area contributed by atoms with Crippen LogP contribution in [0.25, 0.3) is 0 Å². The number of nitro benzene ring substituents is 1. The highest BCUT2D eigenvalue weighted by molar-refractivity contribution is 6.31. The normalized spacial score (nSPS) is 13.9. The molecule has 0 spiro atoms. The summed E-state index contributed by atoms with van der Waals surface area (Å²) in [6.45, 7) is 2.17. The van der Waals surface area contributed by atoms with E-state index in [1.165, 1.54) is 31.4 Å². The van der Waals surface area contributed by atoms with Crippen LogP contribution in [0.5, 0.6) is 5.75 Å². The van der Waals surface area contributed by atoms with Crippen molar-refractivity contribution in [3.8, 4) is 5.75 Å². The number of nitrogens with zero attached hydrogens (tertiary/aromatic N) is 2. The van der Waals surface area contributed by atoms with E-state index in [2.05, 4.69) is 5.32 Å². The third-order valence-corrected chi connectivity index (χ3v) is 4.43. The van der Waals surface area contributed by atoms with Crippen LogP contribution >= 0.6 is 11.6 Å². The minimum atomic E-state index is -0.463. The first kappa shape index (κ1) is 18.9. The van der Waals surface area contributed by atoms with Crippen molar-refractivity contribution >= 4 is 34.6 Å². The SMILES string of the molecule is COc1ccc(Cl)cc1C(=O)Nc1ccc([N+](=O)[O-])cc1N1CCOCC1. The lowest BCUT2D eigenvalue weighted by Gasteiger charge is -2.30. The first-order valence-corrected chi connectivity index (χ1v) is 8.63. The third-order valence-electron chi connectivity index (χ3n) is 4.20. The van der Waals surface area contributed by atoms with Crippen molar-refractivity contribution in [1.82, 2.24) is 0 Å². The van der Waals surface area contributed by atoms with Gasteiger partial charge in [0.25, 0.3) is 11.6 Å². The van der Waals surface area contributed by atoms with Gasteiger partial charge in [0.1, 0.15) is 5.75 Å². The summed E-state index contributed by atoms with van der Waals surface area (Å²) in [5.41, 5.74) is 1.27. The number of carbonyl (C=O) groups is 1. The summed E-state index contributed by atoms with van der Waals surface area (Å²) in [5, 5.41) is 14.4. The van der Waals surface area contributed by atoms with E-state index in [9.17, 15) is 14.9 Å². The molecule has 1 aliphatic rings. The van der Waals surface area contributed by atoms with Crippen molar-refractivity contribution in [2.24, 2.45) is 0 Å². The zero-order valence-corrected chi connectivity index (χ0v) is 15.4. The molecule has 0 radical (unpaired) electrons. The Labute approximate surface area is 160 Å². The standard InChI is InChI=1S/C18H18ClN3O5/c1-26-17-5-2-12(19)10-14(17)18(23)20-15-4-3-13(22(24)25)11-16(15)21-6-8-27-9-7-21/h2-5,10-11H,6-9H2,1H3,(H,20,23). The van der Waals surface area contributed by atoms with E-state index in [0.29, 0.717) is 48.5 Å². The van der Waals surface area contributed by atoms with E-state index in [4.69, 9.17) is 21.1 Å². The lowest BCUT2D eigenvalue weighted by molar-refractivity contribution is -0.384. The highest BCUT2D eigenvalue weighted by Crippen LogP contribution is 2.32. The van der Waals surface area contributed by atoms with Crippen molar-refractivity contribution in [3.63, 3.8) is 0 Å². The van der Waals surface area contributed by atoms with Crippen LogP contribution in [0.4, 0.5) is 17.1 Å². The first-order chi connectivity index (χ1) is 13.0. The van der Waals surface area contributed by atoms with Crippen LogP contribution < -0.4 is 15.0 Å². The summed E-state index contributed by atoms with van der Waals surface area (Å²) in [6, 6.07) is 9.08. The van der Waals surface area contributed by atoms with Crippen molar-refractivity contribution in [2.75, 3.05) is 43.6 Å². The van der Waals surface area contributed by atoms with Gasteiger partial charge in [0.2, 0.25) is 0 Å². The van der Waals surface area contributed by atoms with Crippen LogP contribution in [0, 0.1) is 10.1 Å². The van der Waals surface area contributed by atoms with E-state index in [-0.39, 0.29) is 11.3 Å². The Bertz CT molecular complexity index is 868. The van der Waals surface area contributed by atoms with E-state index >= 15 is 0 Å². The van der Waals surface area contributed by atoms with Gasteiger partial charge in [0, 0.05) is 30.2 Å². The number of carbonyl (C=O) groups excluding carboxylic acids is 1. The molecule has 0 unspecified atom stereocenters. The molecule has 2 aromatic rings. The molecule has 1 aliphatic heterocycles. The number of morpholine rings is 1.